The fraction of sp³-hybridized carbons (Fsp3) is 0.0833. The third-order valence-electron chi connectivity index (χ3n) is 2.04. The summed E-state index contributed by atoms with van der Waals surface area (Å²) >= 11 is 0.397. The Balaban J connectivity index is 2.03. The van der Waals surface area contributed by atoms with E-state index in [0.717, 1.165) is 11.0 Å². The van der Waals surface area contributed by atoms with Gasteiger partial charge in [0.1, 0.15) is 0 Å². The van der Waals surface area contributed by atoms with E-state index in [-0.39, 0.29) is 0 Å². The van der Waals surface area contributed by atoms with Crippen molar-refractivity contribution in [2.24, 2.45) is 0 Å². The molecule has 3 heteroatoms. The van der Waals surface area contributed by atoms with Crippen LogP contribution in [0.4, 0.5) is 5.69 Å². The fourth-order valence-corrected chi connectivity index (χ4v) is 3.15. The second-order valence-corrected chi connectivity index (χ2v) is 5.32. The van der Waals surface area contributed by atoms with Gasteiger partial charge in [-0.05, 0) is 0 Å². The monoisotopic (exact) mass is 264 g/mol. The van der Waals surface area contributed by atoms with Gasteiger partial charge in [-0.25, -0.2) is 0 Å². The predicted molar refractivity (Wildman–Crippen MR) is 64.2 cm³/mol. The van der Waals surface area contributed by atoms with Crippen LogP contribution in [0.15, 0.2) is 48.8 Å². The third-order valence-corrected chi connectivity index (χ3v) is 4.47. The number of nitrogens with two attached hydrogens (primary N) is 1. The van der Waals surface area contributed by atoms with E-state index in [9.17, 15) is 0 Å². The zero-order chi connectivity index (χ0) is 10.5. The van der Waals surface area contributed by atoms with Crippen LogP contribution in [0.3, 0.4) is 0 Å². The molecule has 0 aliphatic heterocycles. The van der Waals surface area contributed by atoms with Gasteiger partial charge in [-0.3, -0.25) is 0 Å². The molecule has 0 aliphatic carbocycles. The topological polar surface area (TPSA) is 38.9 Å². The first-order valence-electron chi connectivity index (χ1n) is 4.72. The molecule has 0 aliphatic rings. The number of nitrogen functional groups attached to an aromatic ring is 1. The minimum absolute atomic E-state index is 0.397. The van der Waals surface area contributed by atoms with E-state index < -0.39 is 0 Å². The third kappa shape index (κ3) is 2.82. The number of pyridine rings is 1. The predicted octanol–water partition coefficient (Wildman–Crippen LogP) is 1.19. The van der Waals surface area contributed by atoms with Gasteiger partial charge in [-0.2, -0.15) is 0 Å². The van der Waals surface area contributed by atoms with E-state index in [1.165, 1.54) is 10.0 Å². The number of rotatable bonds is 3. The van der Waals surface area contributed by atoms with E-state index >= 15 is 0 Å². The van der Waals surface area contributed by atoms with Gasteiger partial charge in [0.2, 0.25) is 0 Å². The molecule has 1 aromatic carbocycles. The summed E-state index contributed by atoms with van der Waals surface area (Å²) in [5, 5.41) is 1.05. The molecular weight excluding hydrogens is 251 g/mol. The van der Waals surface area contributed by atoms with Crippen LogP contribution in [0.2, 0.25) is 0 Å². The molecule has 2 N–H and O–H groups in total. The van der Waals surface area contributed by atoms with Crippen molar-refractivity contribution in [1.29, 1.82) is 0 Å². The van der Waals surface area contributed by atoms with Gasteiger partial charge >= 0.3 is 95.5 Å². The molecule has 0 amide bonds. The number of para-hydroxylation sites is 1. The Bertz CT molecular complexity index is 429. The molecule has 76 valence electrons. The zero-order valence-electron chi connectivity index (χ0n) is 8.26. The van der Waals surface area contributed by atoms with Gasteiger partial charge in [0.25, 0.3) is 0 Å². The van der Waals surface area contributed by atoms with E-state index in [2.05, 4.69) is 17.1 Å². The van der Waals surface area contributed by atoms with Crippen LogP contribution < -0.4 is 10.2 Å². The Hall–Kier alpha value is -1.31. The van der Waals surface area contributed by atoms with E-state index in [1.54, 1.807) is 6.20 Å². The summed E-state index contributed by atoms with van der Waals surface area (Å²) in [5.41, 5.74) is 8.07. The maximum absolute atomic E-state index is 5.88. The summed E-state index contributed by atoms with van der Waals surface area (Å²) in [5.74, 6) is 0. The molecule has 15 heavy (non-hydrogen) atoms. The molecule has 0 radical (unpaired) electrons. The molecule has 0 bridgehead atoms. The standard InChI is InChI=1S/C12H12N2Se/c13-11-5-1-2-6-12(11)15-9-10-4-3-7-14-8-10/h1-8H,9,13H2. The zero-order valence-corrected chi connectivity index (χ0v) is 9.97. The van der Waals surface area contributed by atoms with Crippen molar-refractivity contribution < 1.29 is 0 Å². The molecule has 2 aromatic rings. The first-order valence-corrected chi connectivity index (χ1v) is 6.79. The minimum atomic E-state index is 0.397. The number of benzene rings is 1. The number of aromatic nitrogens is 1. The van der Waals surface area contributed by atoms with Gasteiger partial charge in [0.05, 0.1) is 0 Å². The summed E-state index contributed by atoms with van der Waals surface area (Å²) < 4.78 is 1.27. The molecule has 2 nitrogen and oxygen atoms in total. The van der Waals surface area contributed by atoms with Crippen molar-refractivity contribution in [3.63, 3.8) is 0 Å². The van der Waals surface area contributed by atoms with Gasteiger partial charge in [0, 0.05) is 0 Å². The second-order valence-electron chi connectivity index (χ2n) is 3.19. The van der Waals surface area contributed by atoms with Crippen LogP contribution in [0, 0.1) is 0 Å². The number of anilines is 1. The molecule has 0 atom stereocenters. The Kier molecular flexibility index (Phi) is 3.38. The van der Waals surface area contributed by atoms with Gasteiger partial charge in [-0.1, -0.05) is 0 Å². The normalized spacial score (nSPS) is 10.1. The van der Waals surface area contributed by atoms with Gasteiger partial charge < -0.3 is 0 Å². The Morgan fingerprint density at radius 3 is 2.73 bits per heavy atom. The van der Waals surface area contributed by atoms with Crippen LogP contribution in [0.25, 0.3) is 0 Å². The molecule has 0 fully saturated rings. The van der Waals surface area contributed by atoms with E-state index in [4.69, 9.17) is 5.73 Å². The summed E-state index contributed by atoms with van der Waals surface area (Å²) in [7, 11) is 0. The van der Waals surface area contributed by atoms with Crippen molar-refractivity contribution in [3.8, 4) is 0 Å². The molecular formula is C12H12N2Se. The summed E-state index contributed by atoms with van der Waals surface area (Å²) in [6.45, 7) is 0. The first kappa shape index (κ1) is 10.2. The number of hydrogen-bond acceptors (Lipinski definition) is 2. The van der Waals surface area contributed by atoms with Crippen molar-refractivity contribution in [2.45, 2.75) is 5.32 Å². The van der Waals surface area contributed by atoms with Crippen LogP contribution in [0.5, 0.6) is 0 Å². The van der Waals surface area contributed by atoms with Gasteiger partial charge in [-0.15, -0.1) is 0 Å². The molecule has 1 aromatic heterocycles. The molecule has 2 rings (SSSR count). The molecule has 0 saturated heterocycles. The van der Waals surface area contributed by atoms with Crippen molar-refractivity contribution in [3.05, 3.63) is 54.4 Å². The Labute approximate surface area is 95.7 Å². The van der Waals surface area contributed by atoms with Crippen LogP contribution >= 0.6 is 0 Å². The van der Waals surface area contributed by atoms with E-state index in [1.807, 2.05) is 30.5 Å². The van der Waals surface area contributed by atoms with Crippen LogP contribution in [-0.4, -0.2) is 19.9 Å². The van der Waals surface area contributed by atoms with E-state index in [0.29, 0.717) is 15.0 Å². The van der Waals surface area contributed by atoms with Crippen molar-refractivity contribution in [2.75, 3.05) is 5.73 Å². The first-order chi connectivity index (χ1) is 7.36. The fourth-order valence-electron chi connectivity index (χ4n) is 1.26. The summed E-state index contributed by atoms with van der Waals surface area (Å²) in [6.07, 6.45) is 3.72. The SMILES string of the molecule is Nc1ccccc1[Se]Cc1cccnc1. The molecule has 0 saturated carbocycles. The molecule has 0 unspecified atom stereocenters. The van der Waals surface area contributed by atoms with Crippen molar-refractivity contribution >= 4 is 25.1 Å². The molecule has 1 heterocycles. The maximum atomic E-state index is 5.88. The van der Waals surface area contributed by atoms with Gasteiger partial charge in [0.15, 0.2) is 0 Å². The van der Waals surface area contributed by atoms with Crippen molar-refractivity contribution in [1.82, 2.24) is 4.98 Å². The average molecular weight is 263 g/mol. The molecule has 0 spiro atoms. The summed E-state index contributed by atoms with van der Waals surface area (Å²) in [4.78, 5) is 4.10. The summed E-state index contributed by atoms with van der Waals surface area (Å²) in [6, 6.07) is 12.1. The van der Waals surface area contributed by atoms with Crippen LogP contribution in [0.1, 0.15) is 5.56 Å². The average Bonchev–Trinajstić information content (AvgIpc) is 2.29. The quantitative estimate of drug-likeness (QED) is 0.667. The number of hydrogen-bond donors (Lipinski definition) is 1. The Morgan fingerprint density at radius 1 is 1.13 bits per heavy atom. The second kappa shape index (κ2) is 4.96. The number of nitrogens with zero attached hydrogens (tertiary/aromatic N) is 1. The van der Waals surface area contributed by atoms with Crippen LogP contribution in [-0.2, 0) is 5.32 Å². The Morgan fingerprint density at radius 2 is 2.00 bits per heavy atom.